The van der Waals surface area contributed by atoms with Crippen molar-refractivity contribution in [2.24, 2.45) is 5.73 Å². The maximum atomic E-state index is 13.5. The van der Waals surface area contributed by atoms with Crippen LogP contribution in [0.5, 0.6) is 0 Å². The van der Waals surface area contributed by atoms with Gasteiger partial charge in [-0.1, -0.05) is 23.9 Å². The van der Waals surface area contributed by atoms with Gasteiger partial charge in [-0.3, -0.25) is 4.79 Å². The Morgan fingerprint density at radius 3 is 2.83 bits per heavy atom. The molecule has 0 aliphatic heterocycles. The van der Waals surface area contributed by atoms with E-state index in [2.05, 4.69) is 10.2 Å². The lowest BCUT2D eigenvalue weighted by Gasteiger charge is -2.01. The van der Waals surface area contributed by atoms with Crippen LogP contribution in [0.2, 0.25) is 0 Å². The molecule has 2 aromatic rings. The Kier molecular flexibility index (Phi) is 3.61. The molecule has 0 saturated heterocycles. The van der Waals surface area contributed by atoms with Crippen LogP contribution in [0.15, 0.2) is 33.9 Å². The van der Waals surface area contributed by atoms with Crippen LogP contribution in [0.4, 0.5) is 4.39 Å². The summed E-state index contributed by atoms with van der Waals surface area (Å²) in [7, 11) is 0. The predicted octanol–water partition coefficient (Wildman–Crippen LogP) is 1.84. The Morgan fingerprint density at radius 1 is 1.44 bits per heavy atom. The number of hydrogen-bond donors (Lipinski definition) is 1. The third-order valence-corrected chi connectivity index (χ3v) is 3.14. The van der Waals surface area contributed by atoms with E-state index in [1.165, 1.54) is 12.1 Å². The molecule has 7 heteroatoms. The maximum Gasteiger partial charge on any atom is 0.277 e. The molecule has 0 unspecified atom stereocenters. The summed E-state index contributed by atoms with van der Waals surface area (Å²) in [5, 5.41) is 7.15. The summed E-state index contributed by atoms with van der Waals surface area (Å²) in [5.74, 6) is -0.849. The summed E-state index contributed by atoms with van der Waals surface area (Å²) in [6, 6.07) is 6.08. The van der Waals surface area contributed by atoms with Gasteiger partial charge in [0, 0.05) is 0 Å². The average molecular weight is 267 g/mol. The lowest BCUT2D eigenvalue weighted by Crippen LogP contribution is -2.22. The Morgan fingerprint density at radius 2 is 2.17 bits per heavy atom. The van der Waals surface area contributed by atoms with Crippen molar-refractivity contribution in [1.29, 1.82) is 0 Å². The highest BCUT2D eigenvalue weighted by molar-refractivity contribution is 8.00. The van der Waals surface area contributed by atoms with Gasteiger partial charge in [0.2, 0.25) is 5.91 Å². The summed E-state index contributed by atoms with van der Waals surface area (Å²) < 4.78 is 18.7. The third kappa shape index (κ3) is 2.67. The van der Waals surface area contributed by atoms with Crippen LogP contribution < -0.4 is 5.73 Å². The van der Waals surface area contributed by atoms with Gasteiger partial charge in [0.15, 0.2) is 0 Å². The molecule has 1 atom stereocenters. The van der Waals surface area contributed by atoms with Gasteiger partial charge >= 0.3 is 0 Å². The van der Waals surface area contributed by atoms with Gasteiger partial charge in [0.1, 0.15) is 5.82 Å². The van der Waals surface area contributed by atoms with Crippen LogP contribution in [-0.2, 0) is 4.79 Å². The van der Waals surface area contributed by atoms with Crippen LogP contribution in [-0.4, -0.2) is 21.4 Å². The summed E-state index contributed by atoms with van der Waals surface area (Å²) in [4.78, 5) is 10.9. The molecule has 0 spiro atoms. The topological polar surface area (TPSA) is 82.0 Å². The quantitative estimate of drug-likeness (QED) is 0.855. The number of aromatic nitrogens is 2. The molecule has 0 aliphatic carbocycles. The number of carbonyl (C=O) groups is 1. The first-order chi connectivity index (χ1) is 8.58. The minimum Gasteiger partial charge on any atom is -0.411 e. The molecule has 2 N–H and O–H groups in total. The fourth-order valence-electron chi connectivity index (χ4n) is 1.21. The highest BCUT2D eigenvalue weighted by Gasteiger charge is 2.17. The molecular weight excluding hydrogens is 257 g/mol. The molecule has 0 saturated carbocycles. The molecule has 2 rings (SSSR count). The van der Waals surface area contributed by atoms with Crippen molar-refractivity contribution in [3.8, 4) is 11.5 Å². The summed E-state index contributed by atoms with van der Waals surface area (Å²) in [6.07, 6.45) is 0. The molecule has 1 heterocycles. The van der Waals surface area contributed by atoms with Crippen molar-refractivity contribution in [3.63, 3.8) is 0 Å². The largest absolute Gasteiger partial charge is 0.411 e. The first kappa shape index (κ1) is 12.6. The van der Waals surface area contributed by atoms with Crippen molar-refractivity contribution in [1.82, 2.24) is 10.2 Å². The van der Waals surface area contributed by atoms with E-state index < -0.39 is 17.0 Å². The smallest absolute Gasteiger partial charge is 0.277 e. The molecule has 0 bridgehead atoms. The Bertz CT molecular complexity index is 573. The van der Waals surface area contributed by atoms with Gasteiger partial charge in [0.25, 0.3) is 11.1 Å². The van der Waals surface area contributed by atoms with Crippen LogP contribution >= 0.6 is 11.8 Å². The third-order valence-electron chi connectivity index (χ3n) is 2.19. The molecule has 94 valence electrons. The number of carbonyl (C=O) groups excluding carboxylic acids is 1. The minimum absolute atomic E-state index is 0.0762. The molecule has 18 heavy (non-hydrogen) atoms. The van der Waals surface area contributed by atoms with E-state index >= 15 is 0 Å². The van der Waals surface area contributed by atoms with E-state index in [1.54, 1.807) is 19.1 Å². The highest BCUT2D eigenvalue weighted by Crippen LogP contribution is 2.27. The van der Waals surface area contributed by atoms with Crippen molar-refractivity contribution < 1.29 is 13.6 Å². The monoisotopic (exact) mass is 267 g/mol. The van der Waals surface area contributed by atoms with Crippen LogP contribution in [0.25, 0.3) is 11.5 Å². The summed E-state index contributed by atoms with van der Waals surface area (Å²) >= 11 is 1.04. The van der Waals surface area contributed by atoms with E-state index in [-0.39, 0.29) is 16.7 Å². The Labute approximate surface area is 107 Å². The van der Waals surface area contributed by atoms with Gasteiger partial charge in [0.05, 0.1) is 10.8 Å². The minimum atomic E-state index is -0.487. The van der Waals surface area contributed by atoms with Crippen LogP contribution in [0, 0.1) is 5.82 Å². The number of benzene rings is 1. The summed E-state index contributed by atoms with van der Waals surface area (Å²) in [5.41, 5.74) is 5.34. The zero-order chi connectivity index (χ0) is 13.1. The molecule has 1 aromatic carbocycles. The molecule has 0 radical (unpaired) electrons. The second-order valence-electron chi connectivity index (χ2n) is 3.52. The second kappa shape index (κ2) is 5.18. The number of hydrogen-bond acceptors (Lipinski definition) is 5. The molecule has 1 aromatic heterocycles. The molecule has 0 fully saturated rings. The normalized spacial score (nSPS) is 12.3. The van der Waals surface area contributed by atoms with E-state index in [0.29, 0.717) is 0 Å². The highest BCUT2D eigenvalue weighted by atomic mass is 32.2. The Balaban J connectivity index is 2.21. The number of halogens is 1. The maximum absolute atomic E-state index is 13.5. The van der Waals surface area contributed by atoms with E-state index in [1.807, 2.05) is 0 Å². The van der Waals surface area contributed by atoms with Crippen molar-refractivity contribution in [2.75, 3.05) is 0 Å². The standard InChI is InChI=1S/C11H10FN3O2S/c1-6(9(13)16)18-11-15-14-10(17-11)7-4-2-3-5-8(7)12/h2-6H,1H3,(H2,13,16)/t6-/m0/s1. The zero-order valence-electron chi connectivity index (χ0n) is 9.46. The molecule has 5 nitrogen and oxygen atoms in total. The van der Waals surface area contributed by atoms with E-state index in [4.69, 9.17) is 10.2 Å². The number of nitrogens with zero attached hydrogens (tertiary/aromatic N) is 2. The van der Waals surface area contributed by atoms with Crippen molar-refractivity contribution >= 4 is 17.7 Å². The van der Waals surface area contributed by atoms with Gasteiger partial charge in [-0.25, -0.2) is 4.39 Å². The zero-order valence-corrected chi connectivity index (χ0v) is 10.3. The van der Waals surface area contributed by atoms with Gasteiger partial charge < -0.3 is 10.2 Å². The number of thioether (sulfide) groups is 1. The number of rotatable bonds is 4. The van der Waals surface area contributed by atoms with Crippen molar-refractivity contribution in [3.05, 3.63) is 30.1 Å². The number of primary amides is 1. The summed E-state index contributed by atoms with van der Waals surface area (Å²) in [6.45, 7) is 1.62. The van der Waals surface area contributed by atoms with E-state index in [9.17, 15) is 9.18 Å². The van der Waals surface area contributed by atoms with Crippen LogP contribution in [0.1, 0.15) is 6.92 Å². The lowest BCUT2D eigenvalue weighted by atomic mass is 10.2. The fraction of sp³-hybridized carbons (Fsp3) is 0.182. The first-order valence-corrected chi connectivity index (χ1v) is 6.00. The number of amides is 1. The molecule has 1 amide bonds. The fourth-order valence-corrected chi connectivity index (χ4v) is 1.84. The van der Waals surface area contributed by atoms with Gasteiger partial charge in [-0.05, 0) is 19.1 Å². The lowest BCUT2D eigenvalue weighted by molar-refractivity contribution is -0.117. The average Bonchev–Trinajstić information content (AvgIpc) is 2.77. The van der Waals surface area contributed by atoms with Crippen molar-refractivity contribution in [2.45, 2.75) is 17.4 Å². The van der Waals surface area contributed by atoms with Gasteiger partial charge in [-0.2, -0.15) is 0 Å². The van der Waals surface area contributed by atoms with E-state index in [0.717, 1.165) is 11.8 Å². The Hall–Kier alpha value is -1.89. The molecular formula is C11H10FN3O2S. The second-order valence-corrected chi connectivity index (χ2v) is 4.81. The number of nitrogens with two attached hydrogens (primary N) is 1. The predicted molar refractivity (Wildman–Crippen MR) is 64.2 cm³/mol. The van der Waals surface area contributed by atoms with Gasteiger partial charge in [-0.15, -0.1) is 10.2 Å². The SMILES string of the molecule is C[C@H](Sc1nnc(-c2ccccc2F)o1)C(N)=O. The first-order valence-electron chi connectivity index (χ1n) is 5.12. The molecule has 0 aliphatic rings. The van der Waals surface area contributed by atoms with Crippen LogP contribution in [0.3, 0.4) is 0 Å².